The minimum absolute atomic E-state index is 0.934. The van der Waals surface area contributed by atoms with Crippen LogP contribution in [0.4, 0.5) is 0 Å². The smallest absolute Gasteiger partial charge is 0.0176 e. The highest BCUT2D eigenvalue weighted by molar-refractivity contribution is 7.83. The fourth-order valence-electron chi connectivity index (χ4n) is 1.84. The molecule has 0 aliphatic carbocycles. The number of unbranched alkanes of at least 4 members (excludes halogenated alkanes) is 7. The first-order valence-electron chi connectivity index (χ1n) is 7.60. The number of rotatable bonds is 7. The quantitative estimate of drug-likeness (QED) is 0.405. The number of thiol groups is 2. The van der Waals surface area contributed by atoms with Crippen LogP contribution < -0.4 is 0 Å². The molecule has 0 N–H and O–H groups in total. The molecule has 0 radical (unpaired) electrons. The summed E-state index contributed by atoms with van der Waals surface area (Å²) < 4.78 is 0. The maximum absolute atomic E-state index is 4.19. The number of hydrogen-bond acceptors (Lipinski definition) is 2. The van der Waals surface area contributed by atoms with Crippen LogP contribution in [0.25, 0.3) is 0 Å². The normalized spacial score (nSPS) is 9.95. The van der Waals surface area contributed by atoms with Crippen LogP contribution in [0.3, 0.4) is 0 Å². The molecule has 110 valence electrons. The summed E-state index contributed by atoms with van der Waals surface area (Å²) in [6, 6.07) is 5.95. The predicted octanol–water partition coefficient (Wildman–Crippen LogP) is 6.72. The minimum atomic E-state index is 0.934. The average molecular weight is 299 g/mol. The van der Waals surface area contributed by atoms with Crippen LogP contribution in [0.2, 0.25) is 0 Å². The van der Waals surface area contributed by atoms with Crippen molar-refractivity contribution >= 4 is 25.3 Å². The van der Waals surface area contributed by atoms with E-state index in [0.29, 0.717) is 0 Å². The maximum atomic E-state index is 4.19. The molecule has 0 amide bonds. The van der Waals surface area contributed by atoms with Gasteiger partial charge in [-0.1, -0.05) is 71.3 Å². The van der Waals surface area contributed by atoms with Crippen LogP contribution in [-0.2, 0) is 0 Å². The number of benzene rings is 1. The highest BCUT2D eigenvalue weighted by Gasteiger charge is 1.91. The molecular formula is C17H30S2. The van der Waals surface area contributed by atoms with Crippen molar-refractivity contribution in [3.63, 3.8) is 0 Å². The lowest BCUT2D eigenvalue weighted by atomic mass is 10.1. The van der Waals surface area contributed by atoms with Crippen LogP contribution in [0, 0.1) is 6.92 Å². The summed E-state index contributed by atoms with van der Waals surface area (Å²) in [5.41, 5.74) is 1.22. The van der Waals surface area contributed by atoms with Gasteiger partial charge in [-0.3, -0.25) is 0 Å². The summed E-state index contributed by atoms with van der Waals surface area (Å²) >= 11 is 8.36. The lowest BCUT2D eigenvalue weighted by Gasteiger charge is -1.97. The van der Waals surface area contributed by atoms with Gasteiger partial charge >= 0.3 is 0 Å². The molecule has 19 heavy (non-hydrogen) atoms. The van der Waals surface area contributed by atoms with E-state index in [1.54, 1.807) is 0 Å². The minimum Gasteiger partial charge on any atom is -0.142 e. The second-order valence-electron chi connectivity index (χ2n) is 5.11. The van der Waals surface area contributed by atoms with Gasteiger partial charge in [-0.2, -0.15) is 0 Å². The Labute approximate surface area is 131 Å². The summed E-state index contributed by atoms with van der Waals surface area (Å²) in [5, 5.41) is 0. The van der Waals surface area contributed by atoms with Crippen molar-refractivity contribution in [3.05, 3.63) is 23.8 Å². The van der Waals surface area contributed by atoms with E-state index in [2.05, 4.69) is 39.1 Å². The molecule has 0 spiro atoms. The second kappa shape index (κ2) is 12.9. The van der Waals surface area contributed by atoms with E-state index in [9.17, 15) is 0 Å². The van der Waals surface area contributed by atoms with E-state index in [1.165, 1.54) is 56.9 Å². The van der Waals surface area contributed by atoms with E-state index in [1.807, 2.05) is 25.1 Å². The second-order valence-corrected chi connectivity index (χ2v) is 6.08. The molecule has 0 bridgehead atoms. The predicted molar refractivity (Wildman–Crippen MR) is 94.0 cm³/mol. The van der Waals surface area contributed by atoms with E-state index in [4.69, 9.17) is 0 Å². The van der Waals surface area contributed by atoms with Crippen molar-refractivity contribution < 1.29 is 0 Å². The fourth-order valence-corrected chi connectivity index (χ4v) is 2.26. The van der Waals surface area contributed by atoms with Gasteiger partial charge in [-0.15, -0.1) is 25.3 Å². The molecule has 2 heteroatoms. The Morgan fingerprint density at radius 2 is 1.21 bits per heavy atom. The summed E-state index contributed by atoms with van der Waals surface area (Å²) in [6.45, 7) is 6.57. The molecule has 0 heterocycles. The van der Waals surface area contributed by atoms with Crippen molar-refractivity contribution in [1.82, 2.24) is 0 Å². The van der Waals surface area contributed by atoms with Crippen molar-refractivity contribution in [2.45, 2.75) is 81.9 Å². The van der Waals surface area contributed by atoms with Crippen LogP contribution in [0.5, 0.6) is 0 Å². The van der Waals surface area contributed by atoms with E-state index >= 15 is 0 Å². The average Bonchev–Trinajstić information content (AvgIpc) is 2.39. The first-order valence-corrected chi connectivity index (χ1v) is 8.49. The van der Waals surface area contributed by atoms with Crippen LogP contribution in [-0.4, -0.2) is 0 Å². The van der Waals surface area contributed by atoms with Crippen molar-refractivity contribution in [1.29, 1.82) is 0 Å². The van der Waals surface area contributed by atoms with Gasteiger partial charge in [0.1, 0.15) is 0 Å². The molecule has 0 nitrogen and oxygen atoms in total. The van der Waals surface area contributed by atoms with Gasteiger partial charge < -0.3 is 0 Å². The zero-order valence-corrected chi connectivity index (χ0v) is 14.6. The molecule has 0 unspecified atom stereocenters. The molecule has 0 aliphatic rings. The van der Waals surface area contributed by atoms with Crippen molar-refractivity contribution in [3.8, 4) is 0 Å². The van der Waals surface area contributed by atoms with Gasteiger partial charge in [0.2, 0.25) is 0 Å². The first kappa shape index (κ1) is 18.9. The molecule has 0 saturated heterocycles. The number of hydrogen-bond donors (Lipinski definition) is 2. The van der Waals surface area contributed by atoms with Gasteiger partial charge in [0.15, 0.2) is 0 Å². The van der Waals surface area contributed by atoms with E-state index < -0.39 is 0 Å². The number of aryl methyl sites for hydroxylation is 1. The van der Waals surface area contributed by atoms with Crippen LogP contribution >= 0.6 is 25.3 Å². The Morgan fingerprint density at radius 1 is 0.737 bits per heavy atom. The zero-order valence-electron chi connectivity index (χ0n) is 12.8. The summed E-state index contributed by atoms with van der Waals surface area (Å²) in [6.07, 6.45) is 11.5. The molecule has 0 aromatic heterocycles. The summed E-state index contributed by atoms with van der Waals surface area (Å²) in [4.78, 5) is 1.88. The largest absolute Gasteiger partial charge is 0.142 e. The standard InChI is InChI=1S/C10H22.C7H8S2/c1-3-5-7-9-10-8-6-4-2;1-5-2-3-6(8)7(9)4-5/h3-10H2,1-2H3;2-4,8-9H,1H3. The molecule has 0 atom stereocenters. The van der Waals surface area contributed by atoms with E-state index in [-0.39, 0.29) is 0 Å². The van der Waals surface area contributed by atoms with Gasteiger partial charge in [-0.25, -0.2) is 0 Å². The fraction of sp³-hybridized carbons (Fsp3) is 0.647. The van der Waals surface area contributed by atoms with Crippen molar-refractivity contribution in [2.24, 2.45) is 0 Å². The van der Waals surface area contributed by atoms with Gasteiger partial charge in [0, 0.05) is 9.79 Å². The summed E-state index contributed by atoms with van der Waals surface area (Å²) in [5.74, 6) is 0. The van der Waals surface area contributed by atoms with Crippen LogP contribution in [0.15, 0.2) is 28.0 Å². The van der Waals surface area contributed by atoms with E-state index in [0.717, 1.165) is 9.79 Å². The molecule has 1 aromatic rings. The Bertz CT molecular complexity index is 313. The summed E-state index contributed by atoms with van der Waals surface area (Å²) in [7, 11) is 0. The third-order valence-corrected chi connectivity index (χ3v) is 4.02. The lowest BCUT2D eigenvalue weighted by molar-refractivity contribution is 0.585. The van der Waals surface area contributed by atoms with Crippen molar-refractivity contribution in [2.75, 3.05) is 0 Å². The van der Waals surface area contributed by atoms with Gasteiger partial charge in [0.25, 0.3) is 0 Å². The third kappa shape index (κ3) is 11.4. The highest BCUT2D eigenvalue weighted by Crippen LogP contribution is 2.18. The maximum Gasteiger partial charge on any atom is 0.0176 e. The van der Waals surface area contributed by atoms with Crippen LogP contribution in [0.1, 0.15) is 70.8 Å². The van der Waals surface area contributed by atoms with Gasteiger partial charge in [0.05, 0.1) is 0 Å². The van der Waals surface area contributed by atoms with Gasteiger partial charge in [-0.05, 0) is 24.6 Å². The molecule has 1 rings (SSSR count). The Balaban J connectivity index is 0.000000342. The first-order chi connectivity index (χ1) is 9.11. The molecule has 0 fully saturated rings. The Morgan fingerprint density at radius 3 is 1.58 bits per heavy atom. The SMILES string of the molecule is CCCCCCCCCC.Cc1ccc(S)c(S)c1. The Hall–Kier alpha value is -0.0800. The Kier molecular flexibility index (Phi) is 12.9. The lowest BCUT2D eigenvalue weighted by Crippen LogP contribution is -1.77. The topological polar surface area (TPSA) is 0 Å². The highest BCUT2D eigenvalue weighted by atomic mass is 32.1. The molecular weight excluding hydrogens is 268 g/mol. The monoisotopic (exact) mass is 298 g/mol. The molecule has 0 saturated carbocycles. The third-order valence-electron chi connectivity index (χ3n) is 3.09. The molecule has 1 aromatic carbocycles. The molecule has 0 aliphatic heterocycles. The zero-order chi connectivity index (χ0) is 14.5.